The van der Waals surface area contributed by atoms with E-state index in [4.69, 9.17) is 14.2 Å². The summed E-state index contributed by atoms with van der Waals surface area (Å²) in [6.07, 6.45) is 0. The predicted octanol–water partition coefficient (Wildman–Crippen LogP) is 1.10. The van der Waals surface area contributed by atoms with E-state index in [1.54, 1.807) is 14.2 Å². The van der Waals surface area contributed by atoms with Crippen molar-refractivity contribution in [1.82, 2.24) is 5.32 Å². The van der Waals surface area contributed by atoms with E-state index >= 15 is 0 Å². The second-order valence-corrected chi connectivity index (χ2v) is 4.17. The van der Waals surface area contributed by atoms with Crippen LogP contribution in [0.15, 0.2) is 18.2 Å². The fraction of sp³-hybridized carbons (Fsp3) is 0.538. The van der Waals surface area contributed by atoms with Gasteiger partial charge in [-0.05, 0) is 12.1 Å². The molecule has 5 heteroatoms. The number of methoxy groups -OCH3 is 2. The first-order valence-corrected chi connectivity index (χ1v) is 6.10. The highest BCUT2D eigenvalue weighted by Crippen LogP contribution is 2.28. The topological polar surface area (TPSA) is 51.8 Å². The van der Waals surface area contributed by atoms with E-state index in [-0.39, 0.29) is 0 Å². The van der Waals surface area contributed by atoms with Gasteiger partial charge < -0.3 is 24.8 Å². The number of morpholine rings is 1. The van der Waals surface area contributed by atoms with Gasteiger partial charge in [0.05, 0.1) is 33.1 Å². The summed E-state index contributed by atoms with van der Waals surface area (Å²) in [6.45, 7) is 3.25. The third-order valence-corrected chi connectivity index (χ3v) is 2.95. The van der Waals surface area contributed by atoms with Crippen LogP contribution < -0.4 is 20.1 Å². The van der Waals surface area contributed by atoms with Gasteiger partial charge in [-0.15, -0.1) is 0 Å². The van der Waals surface area contributed by atoms with Crippen LogP contribution in [0.5, 0.6) is 11.5 Å². The van der Waals surface area contributed by atoms with E-state index in [1.807, 2.05) is 18.2 Å². The van der Waals surface area contributed by atoms with Gasteiger partial charge in [0.15, 0.2) is 0 Å². The first kappa shape index (κ1) is 13.0. The molecule has 1 saturated heterocycles. The van der Waals surface area contributed by atoms with E-state index in [2.05, 4.69) is 10.6 Å². The van der Waals surface area contributed by atoms with Crippen molar-refractivity contribution >= 4 is 5.69 Å². The van der Waals surface area contributed by atoms with E-state index in [1.165, 1.54) is 0 Å². The average Bonchev–Trinajstić information content (AvgIpc) is 2.46. The van der Waals surface area contributed by atoms with Gasteiger partial charge in [-0.25, -0.2) is 0 Å². The van der Waals surface area contributed by atoms with Crippen LogP contribution >= 0.6 is 0 Å². The Hall–Kier alpha value is -1.46. The number of ether oxygens (including phenoxy) is 3. The van der Waals surface area contributed by atoms with Gasteiger partial charge in [0.2, 0.25) is 0 Å². The molecule has 0 aliphatic carbocycles. The van der Waals surface area contributed by atoms with Gasteiger partial charge in [-0.3, -0.25) is 0 Å². The summed E-state index contributed by atoms with van der Waals surface area (Å²) in [5, 5.41) is 6.76. The zero-order valence-corrected chi connectivity index (χ0v) is 10.9. The zero-order valence-electron chi connectivity index (χ0n) is 10.9. The molecule has 1 aliphatic heterocycles. The highest BCUT2D eigenvalue weighted by Gasteiger charge is 2.13. The van der Waals surface area contributed by atoms with Crippen LogP contribution in [0.2, 0.25) is 0 Å². The molecule has 0 radical (unpaired) electrons. The maximum Gasteiger partial charge on any atom is 0.145 e. The summed E-state index contributed by atoms with van der Waals surface area (Å²) in [4.78, 5) is 0. The second kappa shape index (κ2) is 6.47. The standard InChI is InChI=1S/C13H20N2O3/c1-16-11-3-4-12(13(7-11)17-2)15-8-10-9-18-6-5-14-10/h3-4,7,10,14-15H,5-6,8-9H2,1-2H3. The monoisotopic (exact) mass is 252 g/mol. The molecule has 1 aromatic rings. The minimum atomic E-state index is 0.338. The Morgan fingerprint density at radius 1 is 1.39 bits per heavy atom. The lowest BCUT2D eigenvalue weighted by atomic mass is 10.2. The molecule has 2 N–H and O–H groups in total. The minimum Gasteiger partial charge on any atom is -0.497 e. The molecule has 1 fully saturated rings. The third kappa shape index (κ3) is 3.27. The molecular formula is C13H20N2O3. The Balaban J connectivity index is 1.95. The summed E-state index contributed by atoms with van der Waals surface area (Å²) in [5.74, 6) is 1.57. The van der Waals surface area contributed by atoms with Gasteiger partial charge in [0.25, 0.3) is 0 Å². The van der Waals surface area contributed by atoms with Crippen molar-refractivity contribution in [2.45, 2.75) is 6.04 Å². The molecule has 1 atom stereocenters. The predicted molar refractivity (Wildman–Crippen MR) is 70.6 cm³/mol. The van der Waals surface area contributed by atoms with E-state index in [9.17, 15) is 0 Å². The normalized spacial score (nSPS) is 19.3. The Bertz CT molecular complexity index is 378. The summed E-state index contributed by atoms with van der Waals surface area (Å²) < 4.78 is 15.9. The van der Waals surface area contributed by atoms with Crippen LogP contribution in [0.25, 0.3) is 0 Å². The Labute approximate surface area is 107 Å². The molecule has 2 rings (SSSR count). The van der Waals surface area contributed by atoms with E-state index in [0.29, 0.717) is 6.04 Å². The fourth-order valence-corrected chi connectivity index (χ4v) is 1.93. The van der Waals surface area contributed by atoms with Crippen LogP contribution in [0.4, 0.5) is 5.69 Å². The van der Waals surface area contributed by atoms with Crippen molar-refractivity contribution in [2.24, 2.45) is 0 Å². The fourth-order valence-electron chi connectivity index (χ4n) is 1.93. The minimum absolute atomic E-state index is 0.338. The molecule has 0 saturated carbocycles. The molecule has 1 unspecified atom stereocenters. The van der Waals surface area contributed by atoms with Gasteiger partial charge in [0.1, 0.15) is 11.5 Å². The zero-order chi connectivity index (χ0) is 12.8. The molecule has 0 aromatic heterocycles. The second-order valence-electron chi connectivity index (χ2n) is 4.17. The third-order valence-electron chi connectivity index (χ3n) is 2.95. The average molecular weight is 252 g/mol. The summed E-state index contributed by atoms with van der Waals surface area (Å²) in [5.41, 5.74) is 0.964. The van der Waals surface area contributed by atoms with Crippen molar-refractivity contribution in [2.75, 3.05) is 45.8 Å². The van der Waals surface area contributed by atoms with Crippen molar-refractivity contribution in [3.05, 3.63) is 18.2 Å². The number of hydrogen-bond donors (Lipinski definition) is 2. The van der Waals surface area contributed by atoms with Crippen LogP contribution in [0.1, 0.15) is 0 Å². The lowest BCUT2D eigenvalue weighted by Crippen LogP contribution is -2.45. The first-order chi connectivity index (χ1) is 8.83. The van der Waals surface area contributed by atoms with Crippen LogP contribution in [0, 0.1) is 0 Å². The van der Waals surface area contributed by atoms with Gasteiger partial charge in [-0.2, -0.15) is 0 Å². The largest absolute Gasteiger partial charge is 0.497 e. The van der Waals surface area contributed by atoms with Gasteiger partial charge in [-0.1, -0.05) is 0 Å². The molecule has 1 heterocycles. The number of hydrogen-bond acceptors (Lipinski definition) is 5. The number of benzene rings is 1. The molecular weight excluding hydrogens is 232 g/mol. The molecule has 1 aromatic carbocycles. The molecule has 5 nitrogen and oxygen atoms in total. The van der Waals surface area contributed by atoms with Gasteiger partial charge >= 0.3 is 0 Å². The van der Waals surface area contributed by atoms with E-state index in [0.717, 1.165) is 43.5 Å². The van der Waals surface area contributed by atoms with E-state index < -0.39 is 0 Å². The highest BCUT2D eigenvalue weighted by molar-refractivity contribution is 5.59. The molecule has 1 aliphatic rings. The Kier molecular flexibility index (Phi) is 4.66. The van der Waals surface area contributed by atoms with Crippen molar-refractivity contribution < 1.29 is 14.2 Å². The smallest absolute Gasteiger partial charge is 0.145 e. The summed E-state index contributed by atoms with van der Waals surface area (Å²) in [7, 11) is 3.30. The SMILES string of the molecule is COc1ccc(NCC2COCCN2)c(OC)c1. The number of nitrogens with one attached hydrogen (secondary N) is 2. The molecule has 0 spiro atoms. The molecule has 100 valence electrons. The first-order valence-electron chi connectivity index (χ1n) is 6.10. The molecule has 0 amide bonds. The molecule has 18 heavy (non-hydrogen) atoms. The van der Waals surface area contributed by atoms with Crippen molar-refractivity contribution in [3.63, 3.8) is 0 Å². The summed E-state index contributed by atoms with van der Waals surface area (Å²) in [6, 6.07) is 6.08. The maximum atomic E-state index is 5.41. The maximum absolute atomic E-state index is 5.41. The number of rotatable bonds is 5. The lowest BCUT2D eigenvalue weighted by Gasteiger charge is -2.24. The summed E-state index contributed by atoms with van der Waals surface area (Å²) >= 11 is 0. The van der Waals surface area contributed by atoms with Crippen LogP contribution in [-0.2, 0) is 4.74 Å². The quantitative estimate of drug-likeness (QED) is 0.822. The van der Waals surface area contributed by atoms with Crippen molar-refractivity contribution in [3.8, 4) is 11.5 Å². The van der Waals surface area contributed by atoms with Crippen LogP contribution in [0.3, 0.4) is 0 Å². The van der Waals surface area contributed by atoms with Crippen molar-refractivity contribution in [1.29, 1.82) is 0 Å². The number of anilines is 1. The Morgan fingerprint density at radius 2 is 2.28 bits per heavy atom. The van der Waals surface area contributed by atoms with Crippen LogP contribution in [-0.4, -0.2) is 46.6 Å². The highest BCUT2D eigenvalue weighted by atomic mass is 16.5. The molecule has 0 bridgehead atoms. The lowest BCUT2D eigenvalue weighted by molar-refractivity contribution is 0.0806. The van der Waals surface area contributed by atoms with Gasteiger partial charge in [0, 0.05) is 25.2 Å². The Morgan fingerprint density at radius 3 is 2.94 bits per heavy atom.